The normalized spacial score (nSPS) is 10.6. The summed E-state index contributed by atoms with van der Waals surface area (Å²) >= 11 is 5.77. The third-order valence-corrected chi connectivity index (χ3v) is 3.31. The second-order valence-corrected chi connectivity index (χ2v) is 5.19. The van der Waals surface area contributed by atoms with E-state index in [1.165, 1.54) is 42.5 Å². The molecule has 0 saturated carbocycles. The average molecular weight is 349 g/mol. The van der Waals surface area contributed by atoms with Crippen molar-refractivity contribution in [3.8, 4) is 17.1 Å². The summed E-state index contributed by atoms with van der Waals surface area (Å²) in [7, 11) is 0. The molecule has 1 heterocycles. The summed E-state index contributed by atoms with van der Waals surface area (Å²) in [5, 5.41) is 13.7. The zero-order valence-electron chi connectivity index (χ0n) is 12.1. The van der Waals surface area contributed by atoms with Gasteiger partial charge in [0, 0.05) is 10.6 Å². The number of carbonyl (C=O) groups is 1. The van der Waals surface area contributed by atoms with E-state index in [0.29, 0.717) is 5.56 Å². The van der Waals surface area contributed by atoms with E-state index in [1.807, 2.05) is 0 Å². The minimum Gasteiger partial charge on any atom is -0.507 e. The van der Waals surface area contributed by atoms with Crippen LogP contribution in [-0.2, 0) is 11.3 Å². The molecule has 0 bridgehead atoms. The van der Waals surface area contributed by atoms with Crippen molar-refractivity contribution in [2.24, 2.45) is 0 Å². The summed E-state index contributed by atoms with van der Waals surface area (Å²) in [4.78, 5) is 16.0. The number of benzene rings is 2. The summed E-state index contributed by atoms with van der Waals surface area (Å²) in [6, 6.07) is 9.57. The third-order valence-electron chi connectivity index (χ3n) is 3.08. The fourth-order valence-electron chi connectivity index (χ4n) is 1.91. The molecule has 1 aromatic heterocycles. The van der Waals surface area contributed by atoms with Crippen LogP contribution in [0, 0.1) is 5.82 Å². The van der Waals surface area contributed by atoms with Crippen LogP contribution in [0.4, 0.5) is 4.39 Å². The van der Waals surface area contributed by atoms with Crippen LogP contribution in [-0.4, -0.2) is 21.2 Å². The first kappa shape index (κ1) is 15.9. The number of phenolic OH excluding ortho intramolecular Hbond substituents is 1. The van der Waals surface area contributed by atoms with Crippen molar-refractivity contribution < 1.29 is 23.6 Å². The van der Waals surface area contributed by atoms with E-state index in [-0.39, 0.29) is 40.5 Å². The quantitative estimate of drug-likeness (QED) is 0.725. The second kappa shape index (κ2) is 6.67. The summed E-state index contributed by atoms with van der Waals surface area (Å²) in [6.45, 7) is -0.279. The smallest absolute Gasteiger partial charge is 0.342 e. The molecule has 0 unspecified atom stereocenters. The highest BCUT2D eigenvalue weighted by molar-refractivity contribution is 6.31. The lowest BCUT2D eigenvalue weighted by molar-refractivity contribution is 0.0426. The van der Waals surface area contributed by atoms with Gasteiger partial charge in [0.25, 0.3) is 5.89 Å². The number of carbonyl (C=O) groups excluding carboxylic acids is 1. The predicted molar refractivity (Wildman–Crippen MR) is 81.9 cm³/mol. The molecule has 2 aromatic carbocycles. The van der Waals surface area contributed by atoms with Crippen LogP contribution in [0.2, 0.25) is 5.02 Å². The van der Waals surface area contributed by atoms with Gasteiger partial charge in [-0.25, -0.2) is 9.18 Å². The van der Waals surface area contributed by atoms with Gasteiger partial charge in [-0.2, -0.15) is 4.98 Å². The molecule has 6 nitrogen and oxygen atoms in total. The predicted octanol–water partition coefficient (Wildman–Crippen LogP) is 3.59. The maximum atomic E-state index is 12.9. The van der Waals surface area contributed by atoms with Crippen molar-refractivity contribution in [1.82, 2.24) is 10.1 Å². The van der Waals surface area contributed by atoms with Gasteiger partial charge in [0.05, 0.1) is 0 Å². The molecule has 0 radical (unpaired) electrons. The highest BCUT2D eigenvalue weighted by Crippen LogP contribution is 2.23. The lowest BCUT2D eigenvalue weighted by Gasteiger charge is -2.04. The van der Waals surface area contributed by atoms with Crippen molar-refractivity contribution in [3.05, 3.63) is 64.8 Å². The van der Waals surface area contributed by atoms with E-state index in [4.69, 9.17) is 20.9 Å². The Kier molecular flexibility index (Phi) is 4.43. The summed E-state index contributed by atoms with van der Waals surface area (Å²) < 4.78 is 22.9. The molecule has 0 aliphatic carbocycles. The molecule has 0 amide bonds. The number of phenols is 1. The molecule has 3 rings (SSSR count). The Labute approximate surface area is 140 Å². The topological polar surface area (TPSA) is 85.5 Å². The van der Waals surface area contributed by atoms with E-state index >= 15 is 0 Å². The highest BCUT2D eigenvalue weighted by Gasteiger charge is 2.16. The Bertz CT molecular complexity index is 880. The summed E-state index contributed by atoms with van der Waals surface area (Å²) in [5.74, 6) is -1.10. The lowest BCUT2D eigenvalue weighted by atomic mass is 10.2. The molecule has 0 fully saturated rings. The van der Waals surface area contributed by atoms with Crippen molar-refractivity contribution in [1.29, 1.82) is 0 Å². The lowest BCUT2D eigenvalue weighted by Crippen LogP contribution is -2.05. The maximum absolute atomic E-state index is 12.9. The zero-order valence-corrected chi connectivity index (χ0v) is 12.8. The molecule has 0 aliphatic heterocycles. The van der Waals surface area contributed by atoms with E-state index in [9.17, 15) is 14.3 Å². The fraction of sp³-hybridized carbons (Fsp3) is 0.0625. The molecule has 3 aromatic rings. The third kappa shape index (κ3) is 3.52. The molecular formula is C16H10ClFN2O4. The SMILES string of the molecule is O=C(OCc1nc(-c2ccc(F)cc2)no1)c1cc(Cl)ccc1O. The van der Waals surface area contributed by atoms with Crippen molar-refractivity contribution >= 4 is 17.6 Å². The Morgan fingerprint density at radius 1 is 1.25 bits per heavy atom. The average Bonchev–Trinajstić information content (AvgIpc) is 3.04. The molecule has 0 saturated heterocycles. The standard InChI is InChI=1S/C16H10ClFN2O4/c17-10-3-6-13(21)12(7-10)16(22)23-8-14-19-15(20-24-14)9-1-4-11(18)5-2-9/h1-7,21H,8H2. The summed E-state index contributed by atoms with van der Waals surface area (Å²) in [6.07, 6.45) is 0. The van der Waals surface area contributed by atoms with E-state index in [1.54, 1.807) is 0 Å². The number of hydrogen-bond donors (Lipinski definition) is 1. The number of aromatic nitrogens is 2. The van der Waals surface area contributed by atoms with Gasteiger partial charge < -0.3 is 14.4 Å². The van der Waals surface area contributed by atoms with Crippen LogP contribution < -0.4 is 0 Å². The van der Waals surface area contributed by atoms with Crippen molar-refractivity contribution in [3.63, 3.8) is 0 Å². The highest BCUT2D eigenvalue weighted by atomic mass is 35.5. The molecular weight excluding hydrogens is 339 g/mol. The Morgan fingerprint density at radius 3 is 2.75 bits per heavy atom. The molecule has 0 aliphatic rings. The van der Waals surface area contributed by atoms with Crippen molar-refractivity contribution in [2.75, 3.05) is 0 Å². The Balaban J connectivity index is 1.68. The first-order valence-corrected chi connectivity index (χ1v) is 7.15. The monoisotopic (exact) mass is 348 g/mol. The maximum Gasteiger partial charge on any atom is 0.342 e. The largest absolute Gasteiger partial charge is 0.507 e. The minimum absolute atomic E-state index is 0.0594. The van der Waals surface area contributed by atoms with Gasteiger partial charge in [-0.3, -0.25) is 0 Å². The van der Waals surface area contributed by atoms with Gasteiger partial charge in [0.1, 0.15) is 17.1 Å². The minimum atomic E-state index is -0.781. The van der Waals surface area contributed by atoms with Crippen LogP contribution in [0.3, 0.4) is 0 Å². The van der Waals surface area contributed by atoms with Crippen LogP contribution >= 0.6 is 11.6 Å². The number of hydrogen-bond acceptors (Lipinski definition) is 6. The van der Waals surface area contributed by atoms with Crippen LogP contribution in [0.25, 0.3) is 11.4 Å². The fourth-order valence-corrected chi connectivity index (χ4v) is 2.08. The van der Waals surface area contributed by atoms with Gasteiger partial charge in [0.2, 0.25) is 5.82 Å². The van der Waals surface area contributed by atoms with Crippen LogP contribution in [0.1, 0.15) is 16.2 Å². The van der Waals surface area contributed by atoms with Gasteiger partial charge in [-0.15, -0.1) is 0 Å². The van der Waals surface area contributed by atoms with E-state index in [0.717, 1.165) is 0 Å². The second-order valence-electron chi connectivity index (χ2n) is 4.76. The number of esters is 1. The number of nitrogens with zero attached hydrogens (tertiary/aromatic N) is 2. The zero-order chi connectivity index (χ0) is 17.1. The van der Waals surface area contributed by atoms with E-state index < -0.39 is 5.97 Å². The van der Waals surface area contributed by atoms with Gasteiger partial charge in [0.15, 0.2) is 6.61 Å². The molecule has 1 N–H and O–H groups in total. The van der Waals surface area contributed by atoms with Crippen LogP contribution in [0.5, 0.6) is 5.75 Å². The number of halogens is 2. The Hall–Kier alpha value is -2.93. The van der Waals surface area contributed by atoms with Gasteiger partial charge in [-0.1, -0.05) is 16.8 Å². The molecule has 0 spiro atoms. The van der Waals surface area contributed by atoms with Crippen LogP contribution in [0.15, 0.2) is 47.0 Å². The molecule has 24 heavy (non-hydrogen) atoms. The first-order chi connectivity index (χ1) is 11.5. The van der Waals surface area contributed by atoms with E-state index in [2.05, 4.69) is 10.1 Å². The first-order valence-electron chi connectivity index (χ1n) is 6.77. The Morgan fingerprint density at radius 2 is 2.00 bits per heavy atom. The van der Waals surface area contributed by atoms with Gasteiger partial charge >= 0.3 is 5.97 Å². The number of ether oxygens (including phenoxy) is 1. The van der Waals surface area contributed by atoms with Gasteiger partial charge in [-0.05, 0) is 42.5 Å². The number of aromatic hydroxyl groups is 1. The van der Waals surface area contributed by atoms with Crippen molar-refractivity contribution in [2.45, 2.75) is 6.61 Å². The molecule has 122 valence electrons. The molecule has 0 atom stereocenters. The summed E-state index contributed by atoms with van der Waals surface area (Å²) in [5.41, 5.74) is 0.492. The number of rotatable bonds is 4. The molecule has 8 heteroatoms.